The van der Waals surface area contributed by atoms with Gasteiger partial charge in [0.05, 0.1) is 6.61 Å². The second kappa shape index (κ2) is 8.40. The molecule has 1 aliphatic rings. The van der Waals surface area contributed by atoms with Crippen molar-refractivity contribution in [1.29, 1.82) is 0 Å². The summed E-state index contributed by atoms with van der Waals surface area (Å²) in [5.41, 5.74) is 7.37. The SMILES string of the molecule is CCCOc1cccc(C(CN)C2CCC(CO)CC2)c1. The lowest BCUT2D eigenvalue weighted by atomic mass is 9.73. The minimum atomic E-state index is 0.334. The van der Waals surface area contributed by atoms with E-state index < -0.39 is 0 Å². The summed E-state index contributed by atoms with van der Waals surface area (Å²) in [6.45, 7) is 3.90. The summed E-state index contributed by atoms with van der Waals surface area (Å²) in [6, 6.07) is 8.43. The molecule has 0 heterocycles. The van der Waals surface area contributed by atoms with E-state index in [-0.39, 0.29) is 0 Å². The molecule has 0 bridgehead atoms. The minimum absolute atomic E-state index is 0.334. The lowest BCUT2D eigenvalue weighted by Gasteiger charge is -2.33. The molecule has 1 aromatic rings. The number of aliphatic hydroxyl groups excluding tert-OH is 1. The number of hydrogen-bond acceptors (Lipinski definition) is 3. The summed E-state index contributed by atoms with van der Waals surface area (Å²) >= 11 is 0. The Balaban J connectivity index is 2.03. The lowest BCUT2D eigenvalue weighted by molar-refractivity contribution is 0.158. The summed E-state index contributed by atoms with van der Waals surface area (Å²) in [7, 11) is 0. The van der Waals surface area contributed by atoms with E-state index in [4.69, 9.17) is 10.5 Å². The molecular weight excluding hydrogens is 262 g/mol. The van der Waals surface area contributed by atoms with Crippen LogP contribution in [0.3, 0.4) is 0 Å². The van der Waals surface area contributed by atoms with Crippen LogP contribution in [0, 0.1) is 11.8 Å². The van der Waals surface area contributed by atoms with Crippen molar-refractivity contribution in [3.05, 3.63) is 29.8 Å². The van der Waals surface area contributed by atoms with Crippen LogP contribution in [0.5, 0.6) is 5.75 Å². The Kier molecular flexibility index (Phi) is 6.52. The van der Waals surface area contributed by atoms with Crippen LogP contribution in [0.1, 0.15) is 50.5 Å². The van der Waals surface area contributed by atoms with E-state index in [0.717, 1.165) is 31.6 Å². The third kappa shape index (κ3) is 4.45. The van der Waals surface area contributed by atoms with E-state index >= 15 is 0 Å². The zero-order chi connectivity index (χ0) is 15.1. The van der Waals surface area contributed by atoms with Crippen LogP contribution in [0.25, 0.3) is 0 Å². The summed E-state index contributed by atoms with van der Waals surface area (Å²) in [6.07, 6.45) is 5.63. The van der Waals surface area contributed by atoms with Gasteiger partial charge in [-0.1, -0.05) is 19.1 Å². The van der Waals surface area contributed by atoms with E-state index in [0.29, 0.717) is 30.9 Å². The maximum absolute atomic E-state index is 9.27. The number of hydrogen-bond donors (Lipinski definition) is 2. The zero-order valence-corrected chi connectivity index (χ0v) is 13.1. The van der Waals surface area contributed by atoms with Crippen molar-refractivity contribution in [2.24, 2.45) is 17.6 Å². The molecule has 1 aromatic carbocycles. The van der Waals surface area contributed by atoms with E-state index in [2.05, 4.69) is 25.1 Å². The topological polar surface area (TPSA) is 55.5 Å². The lowest BCUT2D eigenvalue weighted by Crippen LogP contribution is -2.26. The van der Waals surface area contributed by atoms with Gasteiger partial charge in [0.1, 0.15) is 5.75 Å². The monoisotopic (exact) mass is 291 g/mol. The van der Waals surface area contributed by atoms with Crippen LogP contribution in [-0.4, -0.2) is 24.9 Å². The summed E-state index contributed by atoms with van der Waals surface area (Å²) in [5.74, 6) is 2.50. The van der Waals surface area contributed by atoms with Crippen LogP contribution in [-0.2, 0) is 0 Å². The Morgan fingerprint density at radius 3 is 2.67 bits per heavy atom. The number of nitrogens with two attached hydrogens (primary N) is 1. The maximum Gasteiger partial charge on any atom is 0.119 e. The molecule has 0 radical (unpaired) electrons. The van der Waals surface area contributed by atoms with E-state index in [9.17, 15) is 5.11 Å². The largest absolute Gasteiger partial charge is 0.494 e. The van der Waals surface area contributed by atoms with Crippen molar-refractivity contribution in [2.75, 3.05) is 19.8 Å². The first kappa shape index (κ1) is 16.3. The number of ether oxygens (including phenoxy) is 1. The van der Waals surface area contributed by atoms with E-state index in [1.54, 1.807) is 0 Å². The van der Waals surface area contributed by atoms with Gasteiger partial charge in [0.25, 0.3) is 0 Å². The first-order valence-electron chi connectivity index (χ1n) is 8.32. The molecule has 3 N–H and O–H groups in total. The molecule has 1 fully saturated rings. The first-order chi connectivity index (χ1) is 10.3. The molecule has 0 spiro atoms. The Bertz CT molecular complexity index is 413. The molecule has 0 aliphatic heterocycles. The molecule has 21 heavy (non-hydrogen) atoms. The highest BCUT2D eigenvalue weighted by molar-refractivity contribution is 5.31. The molecule has 0 amide bonds. The van der Waals surface area contributed by atoms with Gasteiger partial charge in [0.2, 0.25) is 0 Å². The predicted molar refractivity (Wildman–Crippen MR) is 86.6 cm³/mol. The molecule has 3 heteroatoms. The van der Waals surface area contributed by atoms with Crippen LogP contribution in [0.4, 0.5) is 0 Å². The minimum Gasteiger partial charge on any atom is -0.494 e. The van der Waals surface area contributed by atoms with Crippen molar-refractivity contribution < 1.29 is 9.84 Å². The van der Waals surface area contributed by atoms with Crippen molar-refractivity contribution in [1.82, 2.24) is 0 Å². The normalized spacial score (nSPS) is 23.8. The molecule has 1 aliphatic carbocycles. The molecule has 118 valence electrons. The van der Waals surface area contributed by atoms with E-state index in [1.807, 2.05) is 6.07 Å². The highest BCUT2D eigenvalue weighted by atomic mass is 16.5. The summed E-state index contributed by atoms with van der Waals surface area (Å²) in [5, 5.41) is 9.27. The Morgan fingerprint density at radius 1 is 1.29 bits per heavy atom. The van der Waals surface area contributed by atoms with Gasteiger partial charge in [0.15, 0.2) is 0 Å². The highest BCUT2D eigenvalue weighted by Gasteiger charge is 2.27. The summed E-state index contributed by atoms with van der Waals surface area (Å²) in [4.78, 5) is 0. The zero-order valence-electron chi connectivity index (χ0n) is 13.1. The fourth-order valence-electron chi connectivity index (χ4n) is 3.43. The highest BCUT2D eigenvalue weighted by Crippen LogP contribution is 2.38. The van der Waals surface area contributed by atoms with Gasteiger partial charge in [0, 0.05) is 6.61 Å². The average Bonchev–Trinajstić information content (AvgIpc) is 2.55. The van der Waals surface area contributed by atoms with Gasteiger partial charge < -0.3 is 15.6 Å². The fraction of sp³-hybridized carbons (Fsp3) is 0.667. The van der Waals surface area contributed by atoms with Crippen molar-refractivity contribution in [3.63, 3.8) is 0 Å². The second-order valence-electron chi connectivity index (χ2n) is 6.23. The van der Waals surface area contributed by atoms with E-state index in [1.165, 1.54) is 18.4 Å². The van der Waals surface area contributed by atoms with Crippen molar-refractivity contribution >= 4 is 0 Å². The predicted octanol–water partition coefficient (Wildman–Crippen LogP) is 3.32. The van der Waals surface area contributed by atoms with Crippen LogP contribution in [0.15, 0.2) is 24.3 Å². The van der Waals surface area contributed by atoms with Gasteiger partial charge >= 0.3 is 0 Å². The van der Waals surface area contributed by atoms with Gasteiger partial charge in [-0.05, 0) is 74.1 Å². The Morgan fingerprint density at radius 2 is 2.05 bits per heavy atom. The Hall–Kier alpha value is -1.06. The van der Waals surface area contributed by atoms with Gasteiger partial charge in [-0.25, -0.2) is 0 Å². The summed E-state index contributed by atoms with van der Waals surface area (Å²) < 4.78 is 5.74. The molecule has 0 saturated heterocycles. The molecule has 3 nitrogen and oxygen atoms in total. The fourth-order valence-corrected chi connectivity index (χ4v) is 3.43. The van der Waals surface area contributed by atoms with Crippen LogP contribution >= 0.6 is 0 Å². The van der Waals surface area contributed by atoms with Gasteiger partial charge in [-0.15, -0.1) is 0 Å². The number of benzene rings is 1. The molecule has 0 aromatic heterocycles. The third-order valence-electron chi connectivity index (χ3n) is 4.73. The van der Waals surface area contributed by atoms with Crippen molar-refractivity contribution in [3.8, 4) is 5.75 Å². The quantitative estimate of drug-likeness (QED) is 0.810. The molecule has 1 saturated carbocycles. The standard InChI is InChI=1S/C18H29NO2/c1-2-10-21-17-5-3-4-16(11-17)18(12-19)15-8-6-14(13-20)7-9-15/h3-5,11,14-15,18,20H,2,6-10,12-13,19H2,1H3. The van der Waals surface area contributed by atoms with Gasteiger partial charge in [-0.3, -0.25) is 0 Å². The number of aliphatic hydroxyl groups is 1. The molecule has 1 atom stereocenters. The van der Waals surface area contributed by atoms with Crippen LogP contribution < -0.4 is 10.5 Å². The van der Waals surface area contributed by atoms with Crippen LogP contribution in [0.2, 0.25) is 0 Å². The van der Waals surface area contributed by atoms with Gasteiger partial charge in [-0.2, -0.15) is 0 Å². The Labute approximate surface area is 128 Å². The number of rotatable bonds is 7. The molecular formula is C18H29NO2. The van der Waals surface area contributed by atoms with Crippen molar-refractivity contribution in [2.45, 2.75) is 44.9 Å². The first-order valence-corrected chi connectivity index (χ1v) is 8.32. The average molecular weight is 291 g/mol. The molecule has 1 unspecified atom stereocenters. The molecule has 2 rings (SSSR count). The third-order valence-corrected chi connectivity index (χ3v) is 4.73. The second-order valence-corrected chi connectivity index (χ2v) is 6.23. The maximum atomic E-state index is 9.27. The smallest absolute Gasteiger partial charge is 0.119 e.